The number of para-hydroxylation sites is 1. The molecule has 0 amide bonds. The van der Waals surface area contributed by atoms with Crippen molar-refractivity contribution in [3.63, 3.8) is 0 Å². The minimum Gasteiger partial charge on any atom is -0.294 e. The fourth-order valence-electron chi connectivity index (χ4n) is 4.98. The Morgan fingerprint density at radius 2 is 1.79 bits per heavy atom. The number of allylic oxidation sites excluding steroid dienone is 1. The van der Waals surface area contributed by atoms with Crippen LogP contribution in [0, 0.1) is 5.82 Å². The van der Waals surface area contributed by atoms with E-state index in [2.05, 4.69) is 46.0 Å². The molecule has 2 aromatic carbocycles. The molecule has 6 rings (SSSR count). The van der Waals surface area contributed by atoms with E-state index in [4.69, 9.17) is 0 Å². The lowest BCUT2D eigenvalue weighted by Gasteiger charge is -2.42. The quantitative estimate of drug-likeness (QED) is 0.417. The molecule has 2 aliphatic rings. The molecule has 0 aliphatic heterocycles. The Morgan fingerprint density at radius 3 is 2.57 bits per heavy atom. The van der Waals surface area contributed by atoms with Gasteiger partial charge in [-0.2, -0.15) is 0 Å². The van der Waals surface area contributed by atoms with Gasteiger partial charge >= 0.3 is 0 Å². The lowest BCUT2D eigenvalue weighted by Crippen LogP contribution is -2.34. The molecule has 0 saturated heterocycles. The predicted octanol–water partition coefficient (Wildman–Crippen LogP) is 6.14. The van der Waals surface area contributed by atoms with Gasteiger partial charge in [-0.15, -0.1) is 0 Å². The summed E-state index contributed by atoms with van der Waals surface area (Å²) in [5, 5.41) is 1.20. The van der Waals surface area contributed by atoms with Crippen molar-refractivity contribution in [3.05, 3.63) is 95.6 Å². The van der Waals surface area contributed by atoms with Crippen molar-refractivity contribution in [1.29, 1.82) is 0 Å². The van der Waals surface area contributed by atoms with Gasteiger partial charge in [-0.3, -0.25) is 4.57 Å². The summed E-state index contributed by atoms with van der Waals surface area (Å²) in [5.41, 5.74) is 5.82. The second-order valence-electron chi connectivity index (χ2n) is 7.84. The van der Waals surface area contributed by atoms with Gasteiger partial charge < -0.3 is 0 Å². The zero-order chi connectivity index (χ0) is 18.7. The Kier molecular flexibility index (Phi) is 3.19. The number of hydrogen-bond donors (Lipinski definition) is 0. The van der Waals surface area contributed by atoms with Gasteiger partial charge in [0.05, 0.1) is 11.2 Å². The SMILES string of the molecule is Fc1ccc2c(c1)C1(CCC1)C(c1cc3ccccc3n1-c1ccccn1)=C2. The molecule has 1 saturated carbocycles. The molecule has 2 heterocycles. The molecule has 28 heavy (non-hydrogen) atoms. The van der Waals surface area contributed by atoms with Crippen LogP contribution < -0.4 is 0 Å². The second-order valence-corrected chi connectivity index (χ2v) is 7.84. The van der Waals surface area contributed by atoms with Gasteiger partial charge in [-0.05, 0) is 72.0 Å². The van der Waals surface area contributed by atoms with E-state index >= 15 is 0 Å². The molecule has 3 heteroatoms. The summed E-state index contributed by atoms with van der Waals surface area (Å²) < 4.78 is 16.3. The lowest BCUT2D eigenvalue weighted by molar-refractivity contribution is 0.329. The minimum atomic E-state index is -0.148. The maximum atomic E-state index is 14.1. The van der Waals surface area contributed by atoms with E-state index in [1.165, 1.54) is 17.4 Å². The van der Waals surface area contributed by atoms with Crippen molar-refractivity contribution >= 4 is 22.6 Å². The zero-order valence-corrected chi connectivity index (χ0v) is 15.4. The van der Waals surface area contributed by atoms with E-state index in [1.54, 1.807) is 12.1 Å². The van der Waals surface area contributed by atoms with Crippen molar-refractivity contribution < 1.29 is 4.39 Å². The van der Waals surface area contributed by atoms with Gasteiger partial charge in [-0.1, -0.05) is 36.8 Å². The second kappa shape index (κ2) is 5.65. The molecule has 2 aromatic heterocycles. The third-order valence-electron chi connectivity index (χ3n) is 6.42. The molecule has 0 bridgehead atoms. The number of nitrogens with zero attached hydrogens (tertiary/aromatic N) is 2. The first-order chi connectivity index (χ1) is 13.8. The van der Waals surface area contributed by atoms with Crippen LogP contribution in [-0.4, -0.2) is 9.55 Å². The third kappa shape index (κ3) is 2.04. The molecule has 2 aliphatic carbocycles. The average molecular weight is 366 g/mol. The standard InChI is InChI=1S/C25H19FN2/c26-19-10-9-17-14-21(25(11-5-12-25)20(17)16-19)23-15-18-6-1-2-7-22(18)28(23)24-8-3-4-13-27-24/h1-4,6-10,13-16H,5,11-12H2. The van der Waals surface area contributed by atoms with Crippen LogP contribution in [0.4, 0.5) is 4.39 Å². The summed E-state index contributed by atoms with van der Waals surface area (Å²) in [6.07, 6.45) is 7.41. The highest BCUT2D eigenvalue weighted by molar-refractivity contribution is 5.98. The van der Waals surface area contributed by atoms with E-state index in [-0.39, 0.29) is 11.2 Å². The first-order valence-electron chi connectivity index (χ1n) is 9.81. The monoisotopic (exact) mass is 366 g/mol. The largest absolute Gasteiger partial charge is 0.294 e. The molecule has 4 aromatic rings. The van der Waals surface area contributed by atoms with Gasteiger partial charge in [0.2, 0.25) is 0 Å². The van der Waals surface area contributed by atoms with E-state index in [0.29, 0.717) is 0 Å². The lowest BCUT2D eigenvalue weighted by atomic mass is 9.61. The predicted molar refractivity (Wildman–Crippen MR) is 111 cm³/mol. The van der Waals surface area contributed by atoms with E-state index in [9.17, 15) is 4.39 Å². The van der Waals surface area contributed by atoms with Crippen molar-refractivity contribution in [2.75, 3.05) is 0 Å². The Labute approximate surface area is 163 Å². The Morgan fingerprint density at radius 1 is 0.929 bits per heavy atom. The molecule has 2 nitrogen and oxygen atoms in total. The van der Waals surface area contributed by atoms with Crippen LogP contribution in [-0.2, 0) is 5.41 Å². The first kappa shape index (κ1) is 15.8. The molecule has 0 atom stereocenters. The van der Waals surface area contributed by atoms with Gasteiger partial charge in [0.1, 0.15) is 11.6 Å². The van der Waals surface area contributed by atoms with Gasteiger partial charge in [0.25, 0.3) is 0 Å². The van der Waals surface area contributed by atoms with Crippen LogP contribution in [0.1, 0.15) is 36.1 Å². The number of fused-ring (bicyclic) bond motifs is 3. The highest BCUT2D eigenvalue weighted by atomic mass is 19.1. The maximum Gasteiger partial charge on any atom is 0.137 e. The molecule has 1 fully saturated rings. The Balaban J connectivity index is 1.64. The van der Waals surface area contributed by atoms with Crippen LogP contribution in [0.5, 0.6) is 0 Å². The summed E-state index contributed by atoms with van der Waals surface area (Å²) in [4.78, 5) is 4.63. The first-order valence-corrected chi connectivity index (χ1v) is 9.81. The van der Waals surface area contributed by atoms with Crippen LogP contribution in [0.15, 0.2) is 72.9 Å². The van der Waals surface area contributed by atoms with E-state index in [1.807, 2.05) is 30.5 Å². The third-order valence-corrected chi connectivity index (χ3v) is 6.42. The maximum absolute atomic E-state index is 14.1. The fraction of sp³-hybridized carbons (Fsp3) is 0.160. The Hall–Kier alpha value is -3.20. The molecular weight excluding hydrogens is 347 g/mol. The Bertz CT molecular complexity index is 1250. The smallest absolute Gasteiger partial charge is 0.137 e. The summed E-state index contributed by atoms with van der Waals surface area (Å²) >= 11 is 0. The van der Waals surface area contributed by atoms with E-state index in [0.717, 1.165) is 41.0 Å². The summed E-state index contributed by atoms with van der Waals surface area (Å²) in [7, 11) is 0. The fourth-order valence-corrected chi connectivity index (χ4v) is 4.98. The summed E-state index contributed by atoms with van der Waals surface area (Å²) in [6, 6.07) is 21.9. The zero-order valence-electron chi connectivity index (χ0n) is 15.4. The molecule has 0 unspecified atom stereocenters. The van der Waals surface area contributed by atoms with Gasteiger partial charge in [-0.25, -0.2) is 9.37 Å². The summed E-state index contributed by atoms with van der Waals surface area (Å²) in [6.45, 7) is 0. The van der Waals surface area contributed by atoms with Gasteiger partial charge in [0, 0.05) is 17.0 Å². The molecule has 0 N–H and O–H groups in total. The average Bonchev–Trinajstić information content (AvgIpc) is 3.23. The highest BCUT2D eigenvalue weighted by Gasteiger charge is 2.47. The van der Waals surface area contributed by atoms with Crippen LogP contribution in [0.25, 0.3) is 28.4 Å². The van der Waals surface area contributed by atoms with E-state index < -0.39 is 0 Å². The van der Waals surface area contributed by atoms with Crippen molar-refractivity contribution in [2.24, 2.45) is 0 Å². The topological polar surface area (TPSA) is 17.8 Å². The number of aromatic nitrogens is 2. The number of halogens is 1. The number of rotatable bonds is 2. The van der Waals surface area contributed by atoms with Crippen molar-refractivity contribution in [1.82, 2.24) is 9.55 Å². The van der Waals surface area contributed by atoms with Gasteiger partial charge in [0.15, 0.2) is 0 Å². The minimum absolute atomic E-state index is 0.0711. The summed E-state index contributed by atoms with van der Waals surface area (Å²) in [5.74, 6) is 0.765. The van der Waals surface area contributed by atoms with Crippen LogP contribution >= 0.6 is 0 Å². The number of benzene rings is 2. The molecular formula is C25H19FN2. The highest BCUT2D eigenvalue weighted by Crippen LogP contribution is 2.58. The number of hydrogen-bond acceptors (Lipinski definition) is 1. The number of pyridine rings is 1. The van der Waals surface area contributed by atoms with Crippen molar-refractivity contribution in [2.45, 2.75) is 24.7 Å². The molecule has 136 valence electrons. The van der Waals surface area contributed by atoms with Crippen molar-refractivity contribution in [3.8, 4) is 5.82 Å². The van der Waals surface area contributed by atoms with Crippen LogP contribution in [0.2, 0.25) is 0 Å². The van der Waals surface area contributed by atoms with Crippen LogP contribution in [0.3, 0.4) is 0 Å². The normalized spacial score (nSPS) is 16.8. The molecule has 0 radical (unpaired) electrons. The molecule has 1 spiro atoms.